The van der Waals surface area contributed by atoms with E-state index in [1.807, 2.05) is 0 Å². The minimum atomic E-state index is -4.13. The third-order valence-corrected chi connectivity index (χ3v) is 12.7. The molecule has 0 heterocycles. The third kappa shape index (κ3) is 6.10. The van der Waals surface area contributed by atoms with Gasteiger partial charge in [0.2, 0.25) is 0 Å². The fraction of sp³-hybridized carbons (Fsp3) is 0.393. The number of rotatable bonds is 15. The van der Waals surface area contributed by atoms with Gasteiger partial charge in [-0.2, -0.15) is 0 Å². The Bertz CT molecular complexity index is 1910. The molecule has 14 heteroatoms. The first kappa shape index (κ1) is 32.0. The van der Waals surface area contributed by atoms with E-state index in [1.165, 1.54) is 24.3 Å². The number of carbonyl (C=O) groups is 1. The summed E-state index contributed by atoms with van der Waals surface area (Å²) in [6.45, 7) is -1.19. The maximum Gasteiger partial charge on any atom is 0.303 e. The van der Waals surface area contributed by atoms with E-state index in [0.717, 1.165) is 6.07 Å². The number of hydrogen-bond donors (Lipinski definition) is 4. The lowest BCUT2D eigenvalue weighted by Gasteiger charge is -2.21. The normalized spacial score (nSPS) is 13.0. The molecular weight excluding hydrogens is 608 g/mol. The molecule has 0 radical (unpaired) electrons. The van der Waals surface area contributed by atoms with Crippen LogP contribution >= 0.6 is 0 Å². The van der Waals surface area contributed by atoms with E-state index < -0.39 is 66.0 Å². The van der Waals surface area contributed by atoms with Crippen LogP contribution in [0.25, 0.3) is 32.3 Å². The van der Waals surface area contributed by atoms with Gasteiger partial charge in [-0.05, 0) is 59.5 Å². The van der Waals surface area contributed by atoms with E-state index >= 15 is 0 Å². The Kier molecular flexibility index (Phi) is 9.45. The number of hydrogen-bond acceptors (Lipinski definition) is 10. The van der Waals surface area contributed by atoms with Gasteiger partial charge in [-0.15, -0.1) is 0 Å². The summed E-state index contributed by atoms with van der Waals surface area (Å²) in [4.78, 5) is 10.7. The summed E-state index contributed by atoms with van der Waals surface area (Å²) in [7, 11) is -12.3. The van der Waals surface area contributed by atoms with Crippen LogP contribution in [0.4, 0.5) is 0 Å². The summed E-state index contributed by atoms with van der Waals surface area (Å²) in [5, 5.41) is 38.7. The highest BCUT2D eigenvalue weighted by molar-refractivity contribution is 7.92. The van der Waals surface area contributed by atoms with Crippen molar-refractivity contribution in [3.63, 3.8) is 0 Å². The molecule has 4 rings (SSSR count). The fourth-order valence-electron chi connectivity index (χ4n) is 5.28. The number of aliphatic carboxylic acids is 1. The van der Waals surface area contributed by atoms with Crippen LogP contribution in [0.2, 0.25) is 0 Å². The van der Waals surface area contributed by atoms with Crippen molar-refractivity contribution in [1.82, 2.24) is 0 Å². The van der Waals surface area contributed by atoms with Crippen molar-refractivity contribution >= 4 is 67.8 Å². The van der Waals surface area contributed by atoms with E-state index in [1.54, 1.807) is 6.07 Å². The highest BCUT2D eigenvalue weighted by atomic mass is 32.2. The van der Waals surface area contributed by atoms with Crippen LogP contribution in [0.3, 0.4) is 0 Å². The van der Waals surface area contributed by atoms with Crippen LogP contribution < -0.4 is 0 Å². The van der Waals surface area contributed by atoms with Gasteiger partial charge in [-0.25, -0.2) is 25.3 Å². The Morgan fingerprint density at radius 3 is 1.31 bits per heavy atom. The molecule has 0 fully saturated rings. The molecule has 228 valence electrons. The second kappa shape index (κ2) is 12.4. The number of aryl methyl sites for hydroxylation is 1. The van der Waals surface area contributed by atoms with Gasteiger partial charge in [0, 0.05) is 42.4 Å². The molecule has 0 saturated carbocycles. The summed E-state index contributed by atoms with van der Waals surface area (Å²) < 4.78 is 80.9. The summed E-state index contributed by atoms with van der Waals surface area (Å²) in [5.41, 5.74) is 0.375. The van der Waals surface area contributed by atoms with Gasteiger partial charge < -0.3 is 20.4 Å². The zero-order chi connectivity index (χ0) is 30.9. The Balaban J connectivity index is 2.23. The zero-order valence-corrected chi connectivity index (χ0v) is 25.1. The Morgan fingerprint density at radius 1 is 0.571 bits per heavy atom. The molecule has 0 aliphatic heterocycles. The highest BCUT2D eigenvalue weighted by Gasteiger charge is 2.29. The molecule has 0 amide bonds. The number of aliphatic hydroxyl groups is 3. The number of carboxylic acid groups (broad SMARTS) is 1. The molecule has 0 spiro atoms. The van der Waals surface area contributed by atoms with Crippen LogP contribution in [-0.4, -0.2) is 88.7 Å². The van der Waals surface area contributed by atoms with Crippen LogP contribution in [-0.2, 0) is 40.7 Å². The smallest absolute Gasteiger partial charge is 0.303 e. The molecule has 4 aromatic rings. The Morgan fingerprint density at radius 2 is 0.929 bits per heavy atom. The average Bonchev–Trinajstić information content (AvgIpc) is 2.95. The molecule has 0 atom stereocenters. The number of carboxylic acids is 1. The summed E-state index contributed by atoms with van der Waals surface area (Å²) in [6.07, 6.45) is -0.598. The topological polar surface area (TPSA) is 200 Å². The molecule has 4 aromatic carbocycles. The van der Waals surface area contributed by atoms with Crippen LogP contribution in [0.1, 0.15) is 31.2 Å². The summed E-state index contributed by atoms with van der Waals surface area (Å²) in [6, 6.07) is 8.46. The van der Waals surface area contributed by atoms with E-state index in [-0.39, 0.29) is 80.3 Å². The van der Waals surface area contributed by atoms with E-state index in [9.17, 15) is 50.5 Å². The lowest BCUT2D eigenvalue weighted by molar-refractivity contribution is -0.136. The third-order valence-electron chi connectivity index (χ3n) is 7.20. The monoisotopic (exact) mass is 640 g/mol. The number of aliphatic hydroxyl groups excluding tert-OH is 3. The van der Waals surface area contributed by atoms with Crippen LogP contribution in [0.15, 0.2) is 51.1 Å². The molecular formula is C28H32O11S3. The number of sulfone groups is 3. The predicted molar refractivity (Wildman–Crippen MR) is 157 cm³/mol. The first-order valence-corrected chi connectivity index (χ1v) is 18.2. The molecule has 0 aliphatic carbocycles. The molecule has 11 nitrogen and oxygen atoms in total. The maximum absolute atomic E-state index is 13.5. The molecule has 42 heavy (non-hydrogen) atoms. The van der Waals surface area contributed by atoms with Gasteiger partial charge in [0.05, 0.1) is 31.9 Å². The standard InChI is InChI=1S/C28H32O11S3/c29-10-1-13-40(34,35)23-16-18(4-9-26(32)33)19-5-6-21-24(41(36,37)14-2-11-30)17-25(42(38,39)15-3-12-31)22-8-7-20(23)27(19)28(21)22/h5-8,16-17,29-31H,1-4,9-15H2,(H,32,33). The number of benzene rings is 4. The molecule has 0 unspecified atom stereocenters. The average molecular weight is 641 g/mol. The van der Waals surface area contributed by atoms with Crippen molar-refractivity contribution < 1.29 is 50.5 Å². The van der Waals surface area contributed by atoms with E-state index in [4.69, 9.17) is 0 Å². The van der Waals surface area contributed by atoms with Crippen molar-refractivity contribution in [2.75, 3.05) is 37.1 Å². The minimum Gasteiger partial charge on any atom is -0.481 e. The maximum atomic E-state index is 13.5. The Labute approximate surface area is 243 Å². The first-order chi connectivity index (χ1) is 19.8. The summed E-state index contributed by atoms with van der Waals surface area (Å²) >= 11 is 0. The second-order valence-electron chi connectivity index (χ2n) is 10.1. The van der Waals surface area contributed by atoms with Crippen molar-refractivity contribution in [2.24, 2.45) is 0 Å². The minimum absolute atomic E-state index is 0.0463. The van der Waals surface area contributed by atoms with Gasteiger partial charge >= 0.3 is 5.97 Å². The van der Waals surface area contributed by atoms with E-state index in [0.29, 0.717) is 10.9 Å². The van der Waals surface area contributed by atoms with Gasteiger partial charge in [-0.1, -0.05) is 24.3 Å². The Hall–Kier alpha value is -2.88. The molecule has 0 aromatic heterocycles. The lowest BCUT2D eigenvalue weighted by atomic mass is 9.90. The van der Waals surface area contributed by atoms with Gasteiger partial charge in [0.1, 0.15) is 0 Å². The zero-order valence-electron chi connectivity index (χ0n) is 22.6. The van der Waals surface area contributed by atoms with Crippen LogP contribution in [0.5, 0.6) is 0 Å². The van der Waals surface area contributed by atoms with E-state index in [2.05, 4.69) is 0 Å². The van der Waals surface area contributed by atoms with Crippen molar-refractivity contribution in [1.29, 1.82) is 0 Å². The SMILES string of the molecule is O=C(O)CCc1cc(S(=O)(=O)CCCO)c2ccc3c(S(=O)(=O)CCCO)cc(S(=O)(=O)CCCO)c4ccc1c2c43. The van der Waals surface area contributed by atoms with Gasteiger partial charge in [0.15, 0.2) is 29.5 Å². The molecule has 0 saturated heterocycles. The van der Waals surface area contributed by atoms with Gasteiger partial charge in [0.25, 0.3) is 0 Å². The van der Waals surface area contributed by atoms with Crippen molar-refractivity contribution in [2.45, 2.75) is 46.8 Å². The summed E-state index contributed by atoms with van der Waals surface area (Å²) in [5.74, 6) is -2.43. The molecule has 0 bridgehead atoms. The largest absolute Gasteiger partial charge is 0.481 e. The first-order valence-electron chi connectivity index (χ1n) is 13.3. The highest BCUT2D eigenvalue weighted by Crippen LogP contribution is 2.44. The van der Waals surface area contributed by atoms with Crippen molar-refractivity contribution in [3.8, 4) is 0 Å². The quantitative estimate of drug-likeness (QED) is 0.139. The van der Waals surface area contributed by atoms with Gasteiger partial charge in [-0.3, -0.25) is 4.79 Å². The second-order valence-corrected chi connectivity index (χ2v) is 16.3. The molecule has 0 aliphatic rings. The van der Waals surface area contributed by atoms with Crippen molar-refractivity contribution in [3.05, 3.63) is 42.0 Å². The molecule has 4 N–H and O–H groups in total. The lowest BCUT2D eigenvalue weighted by Crippen LogP contribution is -2.14. The predicted octanol–water partition coefficient (Wildman–Crippen LogP) is 2.07. The van der Waals surface area contributed by atoms with Crippen LogP contribution in [0, 0.1) is 0 Å². The fourth-order valence-corrected chi connectivity index (χ4v) is 9.98.